The Labute approximate surface area is 199 Å². The summed E-state index contributed by atoms with van der Waals surface area (Å²) in [7, 11) is 1.60. The molecule has 2 aromatic heterocycles. The Morgan fingerprint density at radius 3 is 2.79 bits per heavy atom. The Bertz CT molecular complexity index is 1140. The summed E-state index contributed by atoms with van der Waals surface area (Å²) < 4.78 is 7.46. The third kappa shape index (κ3) is 5.06. The fraction of sp³-hybridized carbons (Fsp3) is 0.500. The van der Waals surface area contributed by atoms with E-state index in [1.165, 1.54) is 0 Å². The summed E-state index contributed by atoms with van der Waals surface area (Å²) in [5.41, 5.74) is 8.82. The van der Waals surface area contributed by atoms with Crippen LogP contribution in [0.4, 0.5) is 11.8 Å². The molecule has 1 amide bonds. The SMILES string of the molecule is CCCCNc1nc(N)nc2cnn(Cc3ccc(C(=O)N4CCC(CO)CC4)cc3OC)c12. The molecule has 1 aliphatic rings. The quantitative estimate of drug-likeness (QED) is 0.409. The van der Waals surface area contributed by atoms with Gasteiger partial charge in [0, 0.05) is 37.4 Å². The first-order chi connectivity index (χ1) is 16.5. The van der Waals surface area contributed by atoms with E-state index in [1.807, 2.05) is 21.7 Å². The summed E-state index contributed by atoms with van der Waals surface area (Å²) >= 11 is 0. The van der Waals surface area contributed by atoms with Crippen LogP contribution < -0.4 is 15.8 Å². The summed E-state index contributed by atoms with van der Waals surface area (Å²) in [6, 6.07) is 5.53. The van der Waals surface area contributed by atoms with Crippen molar-refractivity contribution in [3.63, 3.8) is 0 Å². The number of methoxy groups -OCH3 is 1. The van der Waals surface area contributed by atoms with Crippen molar-refractivity contribution < 1.29 is 14.6 Å². The number of aliphatic hydroxyl groups excluding tert-OH is 1. The van der Waals surface area contributed by atoms with Crippen LogP contribution in [0.1, 0.15) is 48.5 Å². The number of nitrogens with two attached hydrogens (primary N) is 1. The number of carbonyl (C=O) groups is 1. The molecule has 1 aromatic carbocycles. The van der Waals surface area contributed by atoms with E-state index in [1.54, 1.807) is 19.4 Å². The van der Waals surface area contributed by atoms with Crippen molar-refractivity contribution in [3.05, 3.63) is 35.5 Å². The molecule has 0 spiro atoms. The van der Waals surface area contributed by atoms with Crippen molar-refractivity contribution in [1.29, 1.82) is 0 Å². The van der Waals surface area contributed by atoms with E-state index < -0.39 is 0 Å². The fourth-order valence-corrected chi connectivity index (χ4v) is 4.31. The van der Waals surface area contributed by atoms with Gasteiger partial charge in [-0.3, -0.25) is 9.48 Å². The van der Waals surface area contributed by atoms with Gasteiger partial charge in [-0.1, -0.05) is 19.4 Å². The lowest BCUT2D eigenvalue weighted by atomic mass is 9.97. The van der Waals surface area contributed by atoms with E-state index >= 15 is 0 Å². The Balaban J connectivity index is 1.57. The van der Waals surface area contributed by atoms with E-state index in [4.69, 9.17) is 10.5 Å². The van der Waals surface area contributed by atoms with Crippen LogP contribution in [0.3, 0.4) is 0 Å². The molecule has 3 aromatic rings. The number of nitrogens with one attached hydrogen (secondary N) is 1. The average Bonchev–Trinajstić information content (AvgIpc) is 3.26. The number of carbonyl (C=O) groups excluding carboxylic acids is 1. The van der Waals surface area contributed by atoms with Crippen molar-refractivity contribution >= 4 is 28.7 Å². The molecule has 3 heterocycles. The number of fused-ring (bicyclic) bond motifs is 1. The smallest absolute Gasteiger partial charge is 0.253 e. The molecule has 0 saturated carbocycles. The molecular formula is C24H33N7O3. The molecule has 4 N–H and O–H groups in total. The summed E-state index contributed by atoms with van der Waals surface area (Å²) in [6.45, 7) is 4.84. The molecule has 0 aliphatic carbocycles. The van der Waals surface area contributed by atoms with Crippen LogP contribution in [0.5, 0.6) is 5.75 Å². The molecule has 0 atom stereocenters. The second-order valence-corrected chi connectivity index (χ2v) is 8.69. The van der Waals surface area contributed by atoms with Gasteiger partial charge in [0.1, 0.15) is 16.8 Å². The van der Waals surface area contributed by atoms with Crippen LogP contribution in [-0.4, -0.2) is 69.0 Å². The van der Waals surface area contributed by atoms with Gasteiger partial charge in [0.25, 0.3) is 5.91 Å². The number of benzene rings is 1. The molecule has 1 fully saturated rings. The summed E-state index contributed by atoms with van der Waals surface area (Å²) in [5.74, 6) is 1.75. The van der Waals surface area contributed by atoms with E-state index in [0.29, 0.717) is 42.3 Å². The van der Waals surface area contributed by atoms with Crippen LogP contribution in [0.25, 0.3) is 11.0 Å². The van der Waals surface area contributed by atoms with Gasteiger partial charge < -0.3 is 25.8 Å². The van der Waals surface area contributed by atoms with E-state index in [2.05, 4.69) is 27.3 Å². The summed E-state index contributed by atoms with van der Waals surface area (Å²) in [5, 5.41) is 17.2. The molecule has 34 heavy (non-hydrogen) atoms. The number of hydrogen-bond donors (Lipinski definition) is 3. The predicted octanol–water partition coefficient (Wildman–Crippen LogP) is 2.52. The number of aliphatic hydroxyl groups is 1. The fourth-order valence-electron chi connectivity index (χ4n) is 4.31. The first kappa shape index (κ1) is 23.7. The van der Waals surface area contributed by atoms with Gasteiger partial charge in [-0.2, -0.15) is 10.1 Å². The van der Waals surface area contributed by atoms with Gasteiger partial charge >= 0.3 is 0 Å². The highest BCUT2D eigenvalue weighted by atomic mass is 16.5. The molecule has 0 bridgehead atoms. The number of piperidine rings is 1. The maximum Gasteiger partial charge on any atom is 0.253 e. The molecule has 1 saturated heterocycles. The van der Waals surface area contributed by atoms with Crippen molar-refractivity contribution in [1.82, 2.24) is 24.6 Å². The maximum atomic E-state index is 13.0. The number of likely N-dealkylation sites (tertiary alicyclic amines) is 1. The highest BCUT2D eigenvalue weighted by molar-refractivity contribution is 5.95. The molecule has 0 unspecified atom stereocenters. The predicted molar refractivity (Wildman–Crippen MR) is 131 cm³/mol. The summed E-state index contributed by atoms with van der Waals surface area (Å²) in [4.78, 5) is 23.6. The molecule has 1 aliphatic heterocycles. The number of rotatable bonds is 9. The number of anilines is 2. The second-order valence-electron chi connectivity index (χ2n) is 8.69. The topological polar surface area (TPSA) is 131 Å². The highest BCUT2D eigenvalue weighted by Gasteiger charge is 2.24. The van der Waals surface area contributed by atoms with Crippen molar-refractivity contribution in [3.8, 4) is 5.75 Å². The minimum atomic E-state index is -0.0166. The van der Waals surface area contributed by atoms with Crippen LogP contribution in [0.2, 0.25) is 0 Å². The second kappa shape index (κ2) is 10.7. The number of hydrogen-bond acceptors (Lipinski definition) is 8. The lowest BCUT2D eigenvalue weighted by Gasteiger charge is -2.31. The van der Waals surface area contributed by atoms with Crippen molar-refractivity contribution in [2.24, 2.45) is 5.92 Å². The number of nitrogens with zero attached hydrogens (tertiary/aromatic N) is 5. The molecular weight excluding hydrogens is 434 g/mol. The van der Waals surface area contributed by atoms with Crippen LogP contribution >= 0.6 is 0 Å². The zero-order chi connectivity index (χ0) is 24.1. The Morgan fingerprint density at radius 1 is 1.29 bits per heavy atom. The van der Waals surface area contributed by atoms with Crippen molar-refractivity contribution in [2.75, 3.05) is 44.4 Å². The third-order valence-electron chi connectivity index (χ3n) is 6.34. The normalized spacial score (nSPS) is 14.5. The minimum Gasteiger partial charge on any atom is -0.496 e. The van der Waals surface area contributed by atoms with Gasteiger partial charge in [0.15, 0.2) is 5.82 Å². The first-order valence-corrected chi connectivity index (χ1v) is 11.8. The molecule has 4 rings (SSSR count). The van der Waals surface area contributed by atoms with Gasteiger partial charge in [-0.25, -0.2) is 4.98 Å². The molecule has 182 valence electrons. The van der Waals surface area contributed by atoms with Gasteiger partial charge in [-0.05, 0) is 37.3 Å². The average molecular weight is 468 g/mol. The minimum absolute atomic E-state index is 0.0166. The maximum absolute atomic E-state index is 13.0. The van der Waals surface area contributed by atoms with E-state index in [9.17, 15) is 9.90 Å². The lowest BCUT2D eigenvalue weighted by molar-refractivity contribution is 0.0650. The zero-order valence-electron chi connectivity index (χ0n) is 19.8. The monoisotopic (exact) mass is 467 g/mol. The van der Waals surface area contributed by atoms with Gasteiger partial charge in [0.2, 0.25) is 5.95 Å². The van der Waals surface area contributed by atoms with E-state index in [-0.39, 0.29) is 24.4 Å². The van der Waals surface area contributed by atoms with Crippen LogP contribution in [0, 0.1) is 5.92 Å². The summed E-state index contributed by atoms with van der Waals surface area (Å²) in [6.07, 6.45) is 5.41. The Kier molecular flexibility index (Phi) is 7.46. The number of aromatic nitrogens is 4. The molecule has 0 radical (unpaired) electrons. The first-order valence-electron chi connectivity index (χ1n) is 11.8. The number of amides is 1. The lowest BCUT2D eigenvalue weighted by Crippen LogP contribution is -2.39. The molecule has 10 heteroatoms. The van der Waals surface area contributed by atoms with E-state index in [0.717, 1.165) is 43.3 Å². The van der Waals surface area contributed by atoms with Gasteiger partial charge in [-0.15, -0.1) is 0 Å². The number of nitrogen functional groups attached to an aromatic ring is 1. The van der Waals surface area contributed by atoms with Crippen molar-refractivity contribution in [2.45, 2.75) is 39.2 Å². The Morgan fingerprint density at radius 2 is 2.09 bits per heavy atom. The number of unbranched alkanes of at least 4 members (excludes halogenated alkanes) is 1. The van der Waals surface area contributed by atoms with Crippen LogP contribution in [-0.2, 0) is 6.54 Å². The number of ether oxygens (including phenoxy) is 1. The van der Waals surface area contributed by atoms with Gasteiger partial charge in [0.05, 0.1) is 19.9 Å². The highest BCUT2D eigenvalue weighted by Crippen LogP contribution is 2.27. The largest absolute Gasteiger partial charge is 0.496 e. The third-order valence-corrected chi connectivity index (χ3v) is 6.34. The zero-order valence-corrected chi connectivity index (χ0v) is 19.8. The molecule has 10 nitrogen and oxygen atoms in total. The van der Waals surface area contributed by atoms with Crippen LogP contribution in [0.15, 0.2) is 24.4 Å². The Hall–Kier alpha value is -3.40. The standard InChI is InChI=1S/C24H33N7O3/c1-3-4-9-26-22-21-19(28-24(25)29-22)13-27-31(21)14-18-6-5-17(12-20(18)34-2)23(33)30-10-7-16(15-32)8-11-30/h5-6,12-13,16,32H,3-4,7-11,14-15H2,1-2H3,(H3,25,26,28,29).